The highest BCUT2D eigenvalue weighted by Crippen LogP contribution is 2.27. The number of nitrogens with zero attached hydrogens (tertiary/aromatic N) is 4. The lowest BCUT2D eigenvalue weighted by Gasteiger charge is -2.28. The van der Waals surface area contributed by atoms with Gasteiger partial charge in [-0.1, -0.05) is 17.3 Å². The summed E-state index contributed by atoms with van der Waals surface area (Å²) in [5.74, 6) is 1.12. The Balaban J connectivity index is 1.52. The Kier molecular flexibility index (Phi) is 5.62. The molecule has 1 N–H and O–H groups in total. The smallest absolute Gasteiger partial charge is 0.272 e. The van der Waals surface area contributed by atoms with Crippen molar-refractivity contribution in [2.24, 2.45) is 7.05 Å². The van der Waals surface area contributed by atoms with Crippen molar-refractivity contribution in [2.45, 2.75) is 18.9 Å². The van der Waals surface area contributed by atoms with Gasteiger partial charge in [0.2, 0.25) is 0 Å². The summed E-state index contributed by atoms with van der Waals surface area (Å²) in [5.41, 5.74) is 2.12. The van der Waals surface area contributed by atoms with Gasteiger partial charge in [-0.2, -0.15) is 5.10 Å². The Labute approximate surface area is 169 Å². The van der Waals surface area contributed by atoms with Gasteiger partial charge in [-0.3, -0.25) is 14.4 Å². The van der Waals surface area contributed by atoms with Crippen molar-refractivity contribution < 1.29 is 14.1 Å². The monoisotopic (exact) mass is 395 g/mol. The fraction of sp³-hybridized carbons (Fsp3) is 0.381. The molecule has 1 unspecified atom stereocenters. The van der Waals surface area contributed by atoms with Crippen LogP contribution in [-0.4, -0.2) is 52.5 Å². The average molecular weight is 395 g/mol. The van der Waals surface area contributed by atoms with Gasteiger partial charge in [0.05, 0.1) is 24.9 Å². The number of aromatic nitrogens is 3. The summed E-state index contributed by atoms with van der Waals surface area (Å²) in [6.45, 7) is 2.55. The van der Waals surface area contributed by atoms with Crippen LogP contribution in [0.25, 0.3) is 11.3 Å². The summed E-state index contributed by atoms with van der Waals surface area (Å²) < 4.78 is 12.1. The van der Waals surface area contributed by atoms with E-state index in [-0.39, 0.29) is 11.9 Å². The van der Waals surface area contributed by atoms with Crippen molar-refractivity contribution in [1.29, 1.82) is 0 Å². The number of hydrogen-bond donors (Lipinski definition) is 1. The van der Waals surface area contributed by atoms with Gasteiger partial charge in [-0.15, -0.1) is 0 Å². The molecule has 1 aliphatic heterocycles. The molecule has 1 aromatic carbocycles. The van der Waals surface area contributed by atoms with Crippen LogP contribution in [-0.2, 0) is 7.05 Å². The number of hydrogen-bond acceptors (Lipinski definition) is 6. The predicted octanol–water partition coefficient (Wildman–Crippen LogP) is 2.65. The van der Waals surface area contributed by atoms with E-state index in [1.807, 2.05) is 12.1 Å². The second-order valence-corrected chi connectivity index (χ2v) is 7.18. The third kappa shape index (κ3) is 4.17. The Morgan fingerprint density at radius 3 is 2.66 bits per heavy atom. The molecule has 0 aliphatic carbocycles. The Hall–Kier alpha value is -3.13. The summed E-state index contributed by atoms with van der Waals surface area (Å²) >= 11 is 0. The lowest BCUT2D eigenvalue weighted by atomic mass is 10.0. The molecule has 152 valence electrons. The third-order valence-corrected chi connectivity index (χ3v) is 5.29. The Morgan fingerprint density at radius 1 is 1.24 bits per heavy atom. The van der Waals surface area contributed by atoms with Gasteiger partial charge in [0, 0.05) is 25.9 Å². The number of benzene rings is 1. The van der Waals surface area contributed by atoms with E-state index in [0.29, 0.717) is 23.6 Å². The predicted molar refractivity (Wildman–Crippen MR) is 108 cm³/mol. The molecule has 1 saturated heterocycles. The molecule has 8 heteroatoms. The molecule has 1 aliphatic rings. The van der Waals surface area contributed by atoms with Gasteiger partial charge < -0.3 is 14.6 Å². The van der Waals surface area contributed by atoms with E-state index < -0.39 is 0 Å². The maximum Gasteiger partial charge on any atom is 0.272 e. The normalized spacial score (nSPS) is 15.4. The van der Waals surface area contributed by atoms with Crippen LogP contribution in [0, 0.1) is 0 Å². The molecular weight excluding hydrogens is 370 g/mol. The van der Waals surface area contributed by atoms with Crippen LogP contribution in [0.15, 0.2) is 47.2 Å². The van der Waals surface area contributed by atoms with Gasteiger partial charge in [-0.25, -0.2) is 0 Å². The number of likely N-dealkylation sites (tertiary alicyclic amines) is 1. The topological polar surface area (TPSA) is 85.4 Å². The molecule has 2 aromatic heterocycles. The van der Waals surface area contributed by atoms with Crippen LogP contribution >= 0.6 is 0 Å². The van der Waals surface area contributed by atoms with Crippen molar-refractivity contribution >= 4 is 5.91 Å². The largest absolute Gasteiger partial charge is 0.497 e. The molecule has 0 spiro atoms. The summed E-state index contributed by atoms with van der Waals surface area (Å²) in [6, 6.07) is 9.87. The van der Waals surface area contributed by atoms with Crippen LogP contribution in [0.4, 0.5) is 0 Å². The molecule has 8 nitrogen and oxygen atoms in total. The second-order valence-electron chi connectivity index (χ2n) is 7.18. The van der Waals surface area contributed by atoms with E-state index in [1.165, 1.54) is 12.8 Å². The van der Waals surface area contributed by atoms with E-state index in [2.05, 4.69) is 32.6 Å². The van der Waals surface area contributed by atoms with Crippen molar-refractivity contribution in [3.8, 4) is 17.1 Å². The number of amides is 1. The minimum absolute atomic E-state index is 0.102. The summed E-state index contributed by atoms with van der Waals surface area (Å²) in [5, 5.41) is 11.1. The van der Waals surface area contributed by atoms with Gasteiger partial charge in [-0.05, 0) is 43.6 Å². The minimum atomic E-state index is -0.227. The minimum Gasteiger partial charge on any atom is -0.497 e. The van der Waals surface area contributed by atoms with Gasteiger partial charge in [0.25, 0.3) is 5.91 Å². The zero-order valence-corrected chi connectivity index (χ0v) is 16.7. The van der Waals surface area contributed by atoms with E-state index in [9.17, 15) is 4.79 Å². The van der Waals surface area contributed by atoms with Crippen molar-refractivity contribution in [3.05, 3.63) is 54.0 Å². The van der Waals surface area contributed by atoms with Crippen molar-refractivity contribution in [3.63, 3.8) is 0 Å². The lowest BCUT2D eigenvalue weighted by molar-refractivity contribution is 0.0932. The Morgan fingerprint density at radius 2 is 2.00 bits per heavy atom. The van der Waals surface area contributed by atoms with Gasteiger partial charge in [0.1, 0.15) is 5.75 Å². The first-order valence-corrected chi connectivity index (χ1v) is 9.76. The fourth-order valence-electron chi connectivity index (χ4n) is 3.80. The molecule has 29 heavy (non-hydrogen) atoms. The number of carbonyl (C=O) groups excluding carboxylic acids is 1. The molecule has 0 bridgehead atoms. The van der Waals surface area contributed by atoms with Crippen LogP contribution < -0.4 is 10.1 Å². The molecule has 4 rings (SSSR count). The highest BCUT2D eigenvalue weighted by Gasteiger charge is 2.26. The number of aryl methyl sites for hydroxylation is 1. The first kappa shape index (κ1) is 19.2. The molecule has 0 radical (unpaired) electrons. The molecular formula is C21H25N5O3. The van der Waals surface area contributed by atoms with Crippen LogP contribution in [0.2, 0.25) is 0 Å². The van der Waals surface area contributed by atoms with E-state index in [0.717, 1.165) is 24.4 Å². The van der Waals surface area contributed by atoms with E-state index in [1.54, 1.807) is 37.3 Å². The Bertz CT molecular complexity index is 943. The molecule has 3 aromatic rings. The van der Waals surface area contributed by atoms with Crippen molar-refractivity contribution in [2.75, 3.05) is 26.7 Å². The second kappa shape index (κ2) is 8.48. The number of nitrogens with one attached hydrogen (secondary N) is 1. The molecule has 1 amide bonds. The SMILES string of the molecule is COc1ccc(C(CNC(=O)c2nn(C)cc2-c2ccno2)N2CCCC2)cc1. The molecule has 1 fully saturated rings. The van der Waals surface area contributed by atoms with Crippen molar-refractivity contribution in [1.82, 2.24) is 25.2 Å². The average Bonchev–Trinajstić information content (AvgIpc) is 3.50. The quantitative estimate of drug-likeness (QED) is 0.662. The number of methoxy groups -OCH3 is 1. The lowest BCUT2D eigenvalue weighted by Crippen LogP contribution is -2.37. The molecule has 3 heterocycles. The van der Waals surface area contributed by atoms with Gasteiger partial charge in [0.15, 0.2) is 11.5 Å². The van der Waals surface area contributed by atoms with E-state index in [4.69, 9.17) is 9.26 Å². The summed E-state index contributed by atoms with van der Waals surface area (Å²) in [6.07, 6.45) is 5.67. The molecule has 1 atom stereocenters. The number of ether oxygens (including phenoxy) is 1. The maximum absolute atomic E-state index is 12.9. The standard InChI is InChI=1S/C21H25N5O3/c1-25-14-17(19-9-10-23-29-19)20(24-25)21(27)22-13-18(26-11-3-4-12-26)15-5-7-16(28-2)8-6-15/h5-10,14,18H,3-4,11-13H2,1-2H3,(H,22,27). The zero-order valence-electron chi connectivity index (χ0n) is 16.7. The first-order chi connectivity index (χ1) is 14.2. The maximum atomic E-state index is 12.9. The highest BCUT2D eigenvalue weighted by atomic mass is 16.5. The first-order valence-electron chi connectivity index (χ1n) is 9.76. The van der Waals surface area contributed by atoms with Gasteiger partial charge >= 0.3 is 0 Å². The molecule has 0 saturated carbocycles. The number of carbonyl (C=O) groups is 1. The highest BCUT2D eigenvalue weighted by molar-refractivity contribution is 5.98. The van der Waals surface area contributed by atoms with Crippen LogP contribution in [0.1, 0.15) is 34.9 Å². The number of rotatable bonds is 7. The van der Waals surface area contributed by atoms with Crippen LogP contribution in [0.3, 0.4) is 0 Å². The summed E-state index contributed by atoms with van der Waals surface area (Å²) in [4.78, 5) is 15.4. The zero-order chi connectivity index (χ0) is 20.2. The summed E-state index contributed by atoms with van der Waals surface area (Å²) in [7, 11) is 3.44. The van der Waals surface area contributed by atoms with E-state index >= 15 is 0 Å². The van der Waals surface area contributed by atoms with Crippen LogP contribution in [0.5, 0.6) is 5.75 Å². The fourth-order valence-corrected chi connectivity index (χ4v) is 3.80. The third-order valence-electron chi connectivity index (χ3n) is 5.29.